The van der Waals surface area contributed by atoms with Crippen molar-refractivity contribution in [2.75, 3.05) is 32.8 Å². The fraction of sp³-hybridized carbons (Fsp3) is 0.929. The number of carbonyl (C=O) groups excluding carboxylic acids is 1. The topological polar surface area (TPSA) is 50.8 Å². The molecular weight excluding hydrogens is 244 g/mol. The first-order chi connectivity index (χ1) is 8.94. The zero-order valence-electron chi connectivity index (χ0n) is 12.3. The number of rotatable bonds is 3. The summed E-state index contributed by atoms with van der Waals surface area (Å²) in [5.74, 6) is 0.574. The summed E-state index contributed by atoms with van der Waals surface area (Å²) in [5.41, 5.74) is -0.419. The zero-order chi connectivity index (χ0) is 13.9. The van der Waals surface area contributed by atoms with Crippen molar-refractivity contribution in [3.05, 3.63) is 0 Å². The van der Waals surface area contributed by atoms with E-state index >= 15 is 0 Å². The van der Waals surface area contributed by atoms with Crippen LogP contribution in [0.2, 0.25) is 0 Å². The second-order valence-electron chi connectivity index (χ2n) is 6.55. The summed E-state index contributed by atoms with van der Waals surface area (Å²) < 4.78 is 10.5. The van der Waals surface area contributed by atoms with Gasteiger partial charge in [-0.2, -0.15) is 0 Å². The normalized spacial score (nSPS) is 22.9. The molecule has 2 aliphatic heterocycles. The highest BCUT2D eigenvalue weighted by Crippen LogP contribution is 2.21. The van der Waals surface area contributed by atoms with Crippen molar-refractivity contribution in [3.8, 4) is 0 Å². The van der Waals surface area contributed by atoms with E-state index in [2.05, 4.69) is 10.2 Å². The van der Waals surface area contributed by atoms with Crippen molar-refractivity contribution in [1.29, 1.82) is 0 Å². The van der Waals surface area contributed by atoms with E-state index in [4.69, 9.17) is 9.47 Å². The summed E-state index contributed by atoms with van der Waals surface area (Å²) in [6, 6.07) is 0.639. The maximum Gasteiger partial charge on any atom is 0.407 e. The third-order valence-electron chi connectivity index (χ3n) is 3.72. The predicted molar refractivity (Wildman–Crippen MR) is 73.1 cm³/mol. The van der Waals surface area contributed by atoms with Gasteiger partial charge in [0.25, 0.3) is 0 Å². The molecule has 110 valence electrons. The number of hydrogen-bond donors (Lipinski definition) is 1. The summed E-state index contributed by atoms with van der Waals surface area (Å²) >= 11 is 0. The van der Waals surface area contributed by atoms with E-state index < -0.39 is 5.60 Å². The number of nitrogens with zero attached hydrogens (tertiary/aromatic N) is 1. The van der Waals surface area contributed by atoms with Crippen LogP contribution in [0.4, 0.5) is 4.79 Å². The molecular formula is C14H26N2O3. The molecule has 2 aliphatic rings. The molecule has 0 radical (unpaired) electrons. The third-order valence-corrected chi connectivity index (χ3v) is 3.72. The molecule has 1 N–H and O–H groups in total. The van der Waals surface area contributed by atoms with Gasteiger partial charge in [-0.05, 0) is 52.6 Å². The summed E-state index contributed by atoms with van der Waals surface area (Å²) in [5, 5.41) is 2.88. The molecule has 0 aromatic rings. The molecule has 1 amide bonds. The Morgan fingerprint density at radius 2 is 1.95 bits per heavy atom. The van der Waals surface area contributed by atoms with E-state index in [1.807, 2.05) is 20.8 Å². The van der Waals surface area contributed by atoms with E-state index in [-0.39, 0.29) is 6.09 Å². The molecule has 0 spiro atoms. The Morgan fingerprint density at radius 3 is 2.42 bits per heavy atom. The van der Waals surface area contributed by atoms with Gasteiger partial charge in [-0.15, -0.1) is 0 Å². The molecule has 0 aliphatic carbocycles. The summed E-state index contributed by atoms with van der Waals surface area (Å²) in [4.78, 5) is 14.1. The number of amides is 1. The van der Waals surface area contributed by atoms with Crippen LogP contribution < -0.4 is 5.32 Å². The van der Waals surface area contributed by atoms with Crippen molar-refractivity contribution < 1.29 is 14.3 Å². The van der Waals surface area contributed by atoms with E-state index in [9.17, 15) is 4.79 Å². The minimum absolute atomic E-state index is 0.303. The van der Waals surface area contributed by atoms with Crippen molar-refractivity contribution in [2.24, 2.45) is 5.92 Å². The first-order valence-electron chi connectivity index (χ1n) is 7.23. The standard InChI is InChI=1S/C14H26N2O3/c1-14(2,3)19-13(17)15-8-11-4-6-16(7-5-11)12-9-18-10-12/h11-12H,4-10H2,1-3H3,(H,15,17). The Morgan fingerprint density at radius 1 is 1.32 bits per heavy atom. The summed E-state index contributed by atoms with van der Waals surface area (Å²) in [6.45, 7) is 10.4. The zero-order valence-corrected chi connectivity index (χ0v) is 12.3. The van der Waals surface area contributed by atoms with Crippen molar-refractivity contribution >= 4 is 6.09 Å². The van der Waals surface area contributed by atoms with Crippen LogP contribution in [-0.4, -0.2) is 55.5 Å². The Hall–Kier alpha value is -0.810. The van der Waals surface area contributed by atoms with E-state index in [1.54, 1.807) is 0 Å². The van der Waals surface area contributed by atoms with Gasteiger partial charge in [0, 0.05) is 6.54 Å². The first kappa shape index (κ1) is 14.6. The van der Waals surface area contributed by atoms with Crippen LogP contribution in [0.1, 0.15) is 33.6 Å². The molecule has 2 rings (SSSR count). The number of piperidine rings is 1. The molecule has 2 heterocycles. The van der Waals surface area contributed by atoms with Crippen LogP contribution in [0.5, 0.6) is 0 Å². The smallest absolute Gasteiger partial charge is 0.407 e. The molecule has 0 saturated carbocycles. The molecule has 0 aromatic carbocycles. The number of hydrogen-bond acceptors (Lipinski definition) is 4. The average Bonchev–Trinajstić information content (AvgIpc) is 2.23. The van der Waals surface area contributed by atoms with Crippen molar-refractivity contribution in [2.45, 2.75) is 45.3 Å². The summed E-state index contributed by atoms with van der Waals surface area (Å²) in [7, 11) is 0. The fourth-order valence-electron chi connectivity index (χ4n) is 2.50. The number of carbonyl (C=O) groups is 1. The van der Waals surface area contributed by atoms with Gasteiger partial charge in [0.05, 0.1) is 19.3 Å². The Kier molecular flexibility index (Phi) is 4.68. The van der Waals surface area contributed by atoms with Gasteiger partial charge in [-0.3, -0.25) is 4.90 Å². The highest BCUT2D eigenvalue weighted by atomic mass is 16.6. The maximum absolute atomic E-state index is 11.6. The van der Waals surface area contributed by atoms with Gasteiger partial charge in [-0.1, -0.05) is 0 Å². The Balaban J connectivity index is 1.61. The van der Waals surface area contributed by atoms with Gasteiger partial charge in [0.1, 0.15) is 5.60 Å². The fourth-order valence-corrected chi connectivity index (χ4v) is 2.50. The van der Waals surface area contributed by atoms with Crippen LogP contribution >= 0.6 is 0 Å². The molecule has 0 unspecified atom stereocenters. The number of ether oxygens (including phenoxy) is 2. The molecule has 19 heavy (non-hydrogen) atoms. The highest BCUT2D eigenvalue weighted by molar-refractivity contribution is 5.67. The SMILES string of the molecule is CC(C)(C)OC(=O)NCC1CCN(C2COC2)CC1. The first-order valence-corrected chi connectivity index (χ1v) is 7.23. The number of likely N-dealkylation sites (tertiary alicyclic amines) is 1. The molecule has 5 heteroatoms. The van der Waals surface area contributed by atoms with Crippen LogP contribution in [0.25, 0.3) is 0 Å². The second kappa shape index (κ2) is 6.09. The van der Waals surface area contributed by atoms with Gasteiger partial charge in [0.15, 0.2) is 0 Å². The predicted octanol–water partition coefficient (Wildman–Crippen LogP) is 1.62. The molecule has 5 nitrogen and oxygen atoms in total. The monoisotopic (exact) mass is 270 g/mol. The highest BCUT2D eigenvalue weighted by Gasteiger charge is 2.29. The third kappa shape index (κ3) is 4.66. The summed E-state index contributed by atoms with van der Waals surface area (Å²) in [6.07, 6.45) is 1.99. The van der Waals surface area contributed by atoms with Crippen LogP contribution in [-0.2, 0) is 9.47 Å². The largest absolute Gasteiger partial charge is 0.444 e. The molecule has 0 bridgehead atoms. The minimum Gasteiger partial charge on any atom is -0.444 e. The molecule has 2 saturated heterocycles. The lowest BCUT2D eigenvalue weighted by Gasteiger charge is -2.41. The Bertz CT molecular complexity index is 302. The molecule has 0 atom stereocenters. The van der Waals surface area contributed by atoms with Crippen LogP contribution in [0, 0.1) is 5.92 Å². The van der Waals surface area contributed by atoms with Crippen molar-refractivity contribution in [3.63, 3.8) is 0 Å². The van der Waals surface area contributed by atoms with Crippen LogP contribution in [0.3, 0.4) is 0 Å². The second-order valence-corrected chi connectivity index (χ2v) is 6.55. The van der Waals surface area contributed by atoms with E-state index in [1.165, 1.54) is 0 Å². The number of alkyl carbamates (subject to hydrolysis) is 1. The average molecular weight is 270 g/mol. The van der Waals surface area contributed by atoms with E-state index in [0.717, 1.165) is 45.7 Å². The quantitative estimate of drug-likeness (QED) is 0.846. The number of nitrogens with one attached hydrogen (secondary N) is 1. The van der Waals surface area contributed by atoms with Crippen molar-refractivity contribution in [1.82, 2.24) is 10.2 Å². The molecule has 0 aromatic heterocycles. The van der Waals surface area contributed by atoms with Gasteiger partial charge in [-0.25, -0.2) is 4.79 Å². The lowest BCUT2D eigenvalue weighted by molar-refractivity contribution is -0.0736. The van der Waals surface area contributed by atoms with E-state index in [0.29, 0.717) is 12.0 Å². The maximum atomic E-state index is 11.6. The minimum atomic E-state index is -0.419. The lowest BCUT2D eigenvalue weighted by atomic mass is 9.95. The Labute approximate surface area is 115 Å². The van der Waals surface area contributed by atoms with Gasteiger partial charge in [0.2, 0.25) is 0 Å². The lowest BCUT2D eigenvalue weighted by Crippen LogP contribution is -2.52. The van der Waals surface area contributed by atoms with Gasteiger partial charge < -0.3 is 14.8 Å². The molecule has 2 fully saturated rings. The van der Waals surface area contributed by atoms with Gasteiger partial charge >= 0.3 is 6.09 Å². The van der Waals surface area contributed by atoms with Crippen LogP contribution in [0.15, 0.2) is 0 Å².